The van der Waals surface area contributed by atoms with Gasteiger partial charge in [-0.3, -0.25) is 9.59 Å². The van der Waals surface area contributed by atoms with Crippen LogP contribution < -0.4 is 10.1 Å². The van der Waals surface area contributed by atoms with Crippen molar-refractivity contribution < 1.29 is 14.3 Å². The van der Waals surface area contributed by atoms with Crippen LogP contribution in [0.4, 0.5) is 0 Å². The molecule has 0 saturated heterocycles. The van der Waals surface area contributed by atoms with Gasteiger partial charge in [0, 0.05) is 11.4 Å². The first-order valence-electron chi connectivity index (χ1n) is 8.35. The van der Waals surface area contributed by atoms with Gasteiger partial charge in [0.15, 0.2) is 12.4 Å². The Labute approximate surface area is 153 Å². The Morgan fingerprint density at radius 3 is 2.32 bits per heavy atom. The number of ketones is 1. The van der Waals surface area contributed by atoms with Crippen LogP contribution in [0.15, 0.2) is 36.4 Å². The van der Waals surface area contributed by atoms with E-state index in [-0.39, 0.29) is 23.7 Å². The zero-order valence-corrected chi connectivity index (χ0v) is 16.0. The first kappa shape index (κ1) is 19.2. The lowest BCUT2D eigenvalue weighted by Crippen LogP contribution is -2.30. The summed E-state index contributed by atoms with van der Waals surface area (Å²) in [7, 11) is 0. The molecule has 0 spiro atoms. The topological polar surface area (TPSA) is 55.4 Å². The Hall–Kier alpha value is -2.14. The van der Waals surface area contributed by atoms with Crippen LogP contribution in [0.3, 0.4) is 0 Å². The van der Waals surface area contributed by atoms with Crippen molar-refractivity contribution in [2.24, 2.45) is 0 Å². The van der Waals surface area contributed by atoms with Crippen LogP contribution in [0.1, 0.15) is 47.8 Å². The maximum Gasteiger partial charge on any atom is 0.257 e. The molecule has 5 heteroatoms. The minimum atomic E-state index is -0.150. The van der Waals surface area contributed by atoms with Crippen molar-refractivity contribution in [2.75, 3.05) is 13.2 Å². The number of amides is 1. The second-order valence-corrected chi connectivity index (χ2v) is 8.15. The predicted molar refractivity (Wildman–Crippen MR) is 102 cm³/mol. The summed E-state index contributed by atoms with van der Waals surface area (Å²) in [4.78, 5) is 25.0. The van der Waals surface area contributed by atoms with Gasteiger partial charge in [0.1, 0.15) is 5.75 Å². The third-order valence-electron chi connectivity index (χ3n) is 3.79. The molecule has 0 radical (unpaired) electrons. The van der Waals surface area contributed by atoms with Gasteiger partial charge in [0.05, 0.1) is 4.88 Å². The number of rotatable bonds is 7. The number of nitrogens with one attached hydrogen (secondary N) is 1. The molecule has 2 rings (SSSR count). The zero-order chi connectivity index (χ0) is 18.4. The number of Topliss-reactive ketones (excluding diaryl/α,β-unsaturated/α-hetero) is 1. The third kappa shape index (κ3) is 6.02. The van der Waals surface area contributed by atoms with E-state index < -0.39 is 0 Å². The van der Waals surface area contributed by atoms with Gasteiger partial charge in [0.25, 0.3) is 5.91 Å². The number of hydrogen-bond donors (Lipinski definition) is 1. The zero-order valence-electron chi connectivity index (χ0n) is 15.2. The summed E-state index contributed by atoms with van der Waals surface area (Å²) >= 11 is 1.47. The molecule has 1 N–H and O–H groups in total. The second-order valence-electron chi connectivity index (χ2n) is 6.99. The molecule has 2 aromatic rings. The van der Waals surface area contributed by atoms with Crippen molar-refractivity contribution in [1.29, 1.82) is 0 Å². The van der Waals surface area contributed by atoms with Crippen LogP contribution in [0.2, 0.25) is 0 Å². The fourth-order valence-corrected chi connectivity index (χ4v) is 3.18. The average molecular weight is 359 g/mol. The fraction of sp³-hybridized carbons (Fsp3) is 0.400. The van der Waals surface area contributed by atoms with E-state index in [0.717, 1.165) is 9.75 Å². The number of hydrogen-bond acceptors (Lipinski definition) is 4. The van der Waals surface area contributed by atoms with Crippen molar-refractivity contribution in [3.8, 4) is 5.75 Å². The SMILES string of the molecule is CC(=O)c1ccc(CCNC(=O)COc2ccc(C(C)(C)C)cc2)s1. The van der Waals surface area contributed by atoms with E-state index in [2.05, 4.69) is 26.1 Å². The summed E-state index contributed by atoms with van der Waals surface area (Å²) in [6.45, 7) is 8.56. The largest absolute Gasteiger partial charge is 0.484 e. The number of carbonyl (C=O) groups excluding carboxylic acids is 2. The number of carbonyl (C=O) groups is 2. The van der Waals surface area contributed by atoms with Crippen molar-refractivity contribution in [3.63, 3.8) is 0 Å². The maximum absolute atomic E-state index is 11.9. The van der Waals surface area contributed by atoms with Crippen molar-refractivity contribution in [2.45, 2.75) is 39.5 Å². The standard InChI is InChI=1S/C20H25NO3S/c1-14(22)18-10-9-17(25-18)11-12-21-19(23)13-24-16-7-5-15(6-8-16)20(2,3)4/h5-10H,11-13H2,1-4H3,(H,21,23). The smallest absolute Gasteiger partial charge is 0.257 e. The molecule has 1 amide bonds. The van der Waals surface area contributed by atoms with E-state index in [1.54, 1.807) is 6.92 Å². The van der Waals surface area contributed by atoms with Gasteiger partial charge < -0.3 is 10.1 Å². The van der Waals surface area contributed by atoms with Crippen LogP contribution >= 0.6 is 11.3 Å². The number of ether oxygens (including phenoxy) is 1. The summed E-state index contributed by atoms with van der Waals surface area (Å²) in [5.41, 5.74) is 1.32. The molecule has 25 heavy (non-hydrogen) atoms. The Bertz CT molecular complexity index is 726. The molecule has 1 aromatic carbocycles. The van der Waals surface area contributed by atoms with Crippen LogP contribution in [0.5, 0.6) is 5.75 Å². The normalized spacial score (nSPS) is 11.2. The number of thiophene rings is 1. The first-order chi connectivity index (χ1) is 11.8. The van der Waals surface area contributed by atoms with Gasteiger partial charge in [0.2, 0.25) is 0 Å². The van der Waals surface area contributed by atoms with Gasteiger partial charge in [-0.25, -0.2) is 0 Å². The molecular weight excluding hydrogens is 334 g/mol. The summed E-state index contributed by atoms with van der Waals surface area (Å²) in [5.74, 6) is 0.613. The van der Waals surface area contributed by atoms with Gasteiger partial charge in [-0.2, -0.15) is 0 Å². The molecule has 0 aliphatic carbocycles. The van der Waals surface area contributed by atoms with Gasteiger partial charge in [-0.1, -0.05) is 32.9 Å². The predicted octanol–water partition coefficient (Wildman–Crippen LogP) is 3.99. The van der Waals surface area contributed by atoms with Gasteiger partial charge in [-0.05, 0) is 48.6 Å². The molecule has 0 unspecified atom stereocenters. The maximum atomic E-state index is 11.9. The molecule has 0 atom stereocenters. The van der Waals surface area contributed by atoms with E-state index in [4.69, 9.17) is 4.74 Å². The third-order valence-corrected chi connectivity index (χ3v) is 5.04. The highest BCUT2D eigenvalue weighted by Gasteiger charge is 2.13. The minimum absolute atomic E-state index is 0.00198. The van der Waals surface area contributed by atoms with E-state index >= 15 is 0 Å². The minimum Gasteiger partial charge on any atom is -0.484 e. The highest BCUT2D eigenvalue weighted by molar-refractivity contribution is 7.14. The molecule has 0 bridgehead atoms. The second kappa shape index (κ2) is 8.30. The molecule has 4 nitrogen and oxygen atoms in total. The van der Waals surface area contributed by atoms with Crippen LogP contribution in [-0.2, 0) is 16.6 Å². The Morgan fingerprint density at radius 1 is 1.08 bits per heavy atom. The quantitative estimate of drug-likeness (QED) is 0.761. The summed E-state index contributed by atoms with van der Waals surface area (Å²) in [6.07, 6.45) is 0.712. The Morgan fingerprint density at radius 2 is 1.76 bits per heavy atom. The summed E-state index contributed by atoms with van der Waals surface area (Å²) in [6, 6.07) is 11.6. The van der Waals surface area contributed by atoms with Gasteiger partial charge >= 0.3 is 0 Å². The lowest BCUT2D eigenvalue weighted by atomic mass is 9.87. The molecule has 1 aromatic heterocycles. The van der Waals surface area contributed by atoms with E-state index in [0.29, 0.717) is 18.7 Å². The summed E-state index contributed by atoms with van der Waals surface area (Å²) < 4.78 is 5.52. The van der Waals surface area contributed by atoms with Crippen molar-refractivity contribution in [3.05, 3.63) is 51.7 Å². The summed E-state index contributed by atoms with van der Waals surface area (Å²) in [5, 5.41) is 2.83. The van der Waals surface area contributed by atoms with Crippen LogP contribution in [0.25, 0.3) is 0 Å². The molecule has 0 aliphatic heterocycles. The average Bonchev–Trinajstić information content (AvgIpc) is 3.02. The van der Waals surface area contributed by atoms with Crippen LogP contribution in [-0.4, -0.2) is 24.8 Å². The Balaban J connectivity index is 1.72. The lowest BCUT2D eigenvalue weighted by Gasteiger charge is -2.19. The molecular formula is C20H25NO3S. The van der Waals surface area contributed by atoms with E-state index in [9.17, 15) is 9.59 Å². The first-order valence-corrected chi connectivity index (χ1v) is 9.17. The van der Waals surface area contributed by atoms with Crippen molar-refractivity contribution >= 4 is 23.0 Å². The molecule has 1 heterocycles. The van der Waals surface area contributed by atoms with E-state index in [1.165, 1.54) is 16.9 Å². The highest BCUT2D eigenvalue weighted by atomic mass is 32.1. The van der Waals surface area contributed by atoms with Crippen LogP contribution in [0, 0.1) is 0 Å². The van der Waals surface area contributed by atoms with E-state index in [1.807, 2.05) is 36.4 Å². The molecule has 134 valence electrons. The molecule has 0 saturated carbocycles. The van der Waals surface area contributed by atoms with Crippen molar-refractivity contribution in [1.82, 2.24) is 5.32 Å². The molecule has 0 aliphatic rings. The van der Waals surface area contributed by atoms with Gasteiger partial charge in [-0.15, -0.1) is 11.3 Å². The molecule has 0 fully saturated rings. The number of benzene rings is 1. The Kier molecular flexibility index (Phi) is 6.37. The fourth-order valence-electron chi connectivity index (χ4n) is 2.28. The highest BCUT2D eigenvalue weighted by Crippen LogP contribution is 2.24. The monoisotopic (exact) mass is 359 g/mol. The lowest BCUT2D eigenvalue weighted by molar-refractivity contribution is -0.123.